The number of halogens is 1. The molecule has 0 radical (unpaired) electrons. The zero-order chi connectivity index (χ0) is 15.5. The first-order chi connectivity index (χ1) is 10.7. The van der Waals surface area contributed by atoms with Crippen molar-refractivity contribution in [2.45, 2.75) is 6.92 Å². The molecule has 0 spiro atoms. The van der Waals surface area contributed by atoms with Gasteiger partial charge in [-0.15, -0.1) is 0 Å². The average molecular weight is 328 g/mol. The number of benzene rings is 2. The standard InChI is InChI=1S/C18H16N2O2.ClH/c1-12-10-17(20-14-6-4-3-5-7-14)15-11-13(18(21)22-2)8-9-16(15)19-12;/h3-11H,1-2H3,(H,19,20);1H/p-1. The van der Waals surface area contributed by atoms with Crippen molar-refractivity contribution in [2.75, 3.05) is 12.4 Å². The van der Waals surface area contributed by atoms with E-state index in [9.17, 15) is 4.79 Å². The maximum atomic E-state index is 11.7. The molecule has 0 fully saturated rings. The van der Waals surface area contributed by atoms with Crippen molar-refractivity contribution in [3.8, 4) is 0 Å². The number of rotatable bonds is 3. The van der Waals surface area contributed by atoms with Gasteiger partial charge in [0, 0.05) is 22.5 Å². The maximum Gasteiger partial charge on any atom is 0.337 e. The number of hydrogen-bond acceptors (Lipinski definition) is 4. The Morgan fingerprint density at radius 3 is 2.52 bits per heavy atom. The number of pyridine rings is 1. The van der Waals surface area contributed by atoms with Crippen molar-refractivity contribution < 1.29 is 21.9 Å². The lowest BCUT2D eigenvalue weighted by molar-refractivity contribution is -0.0000191. The summed E-state index contributed by atoms with van der Waals surface area (Å²) in [5.74, 6) is -0.354. The van der Waals surface area contributed by atoms with Gasteiger partial charge in [-0.05, 0) is 43.3 Å². The van der Waals surface area contributed by atoms with Gasteiger partial charge in [-0.2, -0.15) is 0 Å². The van der Waals surface area contributed by atoms with E-state index < -0.39 is 0 Å². The number of ether oxygens (including phenoxy) is 1. The molecule has 0 amide bonds. The molecule has 1 aromatic heterocycles. The van der Waals surface area contributed by atoms with Crippen molar-refractivity contribution in [1.82, 2.24) is 4.98 Å². The third kappa shape index (κ3) is 3.60. The molecule has 0 atom stereocenters. The zero-order valence-electron chi connectivity index (χ0n) is 12.8. The van der Waals surface area contributed by atoms with E-state index in [1.54, 1.807) is 12.1 Å². The second-order valence-electron chi connectivity index (χ2n) is 5.03. The van der Waals surface area contributed by atoms with Crippen LogP contribution in [0, 0.1) is 6.92 Å². The topological polar surface area (TPSA) is 51.2 Å². The fourth-order valence-electron chi connectivity index (χ4n) is 2.38. The van der Waals surface area contributed by atoms with Gasteiger partial charge in [-0.1, -0.05) is 18.2 Å². The summed E-state index contributed by atoms with van der Waals surface area (Å²) < 4.78 is 4.79. The number of nitrogens with one attached hydrogen (secondary N) is 1. The highest BCUT2D eigenvalue weighted by Crippen LogP contribution is 2.27. The van der Waals surface area contributed by atoms with E-state index in [2.05, 4.69) is 10.3 Å². The number of esters is 1. The van der Waals surface area contributed by atoms with Crippen LogP contribution in [-0.2, 0) is 4.74 Å². The van der Waals surface area contributed by atoms with Gasteiger partial charge in [-0.3, -0.25) is 4.98 Å². The van der Waals surface area contributed by atoms with Crippen molar-refractivity contribution in [3.63, 3.8) is 0 Å². The summed E-state index contributed by atoms with van der Waals surface area (Å²) >= 11 is 0. The summed E-state index contributed by atoms with van der Waals surface area (Å²) in [6.07, 6.45) is 0. The largest absolute Gasteiger partial charge is 1.00 e. The first kappa shape index (κ1) is 16.8. The van der Waals surface area contributed by atoms with E-state index in [0.717, 1.165) is 28.0 Å². The molecule has 23 heavy (non-hydrogen) atoms. The Morgan fingerprint density at radius 1 is 1.09 bits per heavy atom. The first-order valence-electron chi connectivity index (χ1n) is 6.99. The van der Waals surface area contributed by atoms with Crippen LogP contribution in [0.15, 0.2) is 54.6 Å². The number of methoxy groups -OCH3 is 1. The monoisotopic (exact) mass is 327 g/mol. The number of fused-ring (bicyclic) bond motifs is 1. The molecule has 0 saturated carbocycles. The van der Waals surface area contributed by atoms with Gasteiger partial charge in [0.25, 0.3) is 0 Å². The minimum atomic E-state index is -0.354. The van der Waals surface area contributed by atoms with Gasteiger partial charge in [0.2, 0.25) is 0 Å². The third-order valence-electron chi connectivity index (χ3n) is 3.41. The summed E-state index contributed by atoms with van der Waals surface area (Å²) in [5, 5.41) is 4.27. The Kier molecular flexibility index (Phi) is 5.19. The summed E-state index contributed by atoms with van der Waals surface area (Å²) in [7, 11) is 1.38. The van der Waals surface area contributed by atoms with Crippen LogP contribution in [0.2, 0.25) is 0 Å². The number of aryl methyl sites for hydroxylation is 1. The van der Waals surface area contributed by atoms with E-state index >= 15 is 0 Å². The highest BCUT2D eigenvalue weighted by atomic mass is 35.5. The highest BCUT2D eigenvalue weighted by Gasteiger charge is 2.10. The molecule has 0 saturated heterocycles. The maximum absolute atomic E-state index is 11.7. The minimum Gasteiger partial charge on any atom is -1.00 e. The number of carbonyl (C=O) groups is 1. The van der Waals surface area contributed by atoms with Gasteiger partial charge in [0.1, 0.15) is 0 Å². The average Bonchev–Trinajstić information content (AvgIpc) is 2.54. The van der Waals surface area contributed by atoms with Crippen LogP contribution in [0.25, 0.3) is 10.9 Å². The molecular formula is C18H16ClN2O2-. The van der Waals surface area contributed by atoms with Crippen LogP contribution in [0.4, 0.5) is 11.4 Å². The molecule has 3 aromatic rings. The van der Waals surface area contributed by atoms with Crippen LogP contribution in [0.1, 0.15) is 16.1 Å². The van der Waals surface area contributed by atoms with Crippen molar-refractivity contribution in [1.29, 1.82) is 0 Å². The Hall–Kier alpha value is -2.59. The molecule has 0 bridgehead atoms. The number of hydrogen-bond donors (Lipinski definition) is 1. The molecule has 5 heteroatoms. The number of carbonyl (C=O) groups excluding carboxylic acids is 1. The predicted molar refractivity (Wildman–Crippen MR) is 87.5 cm³/mol. The number of nitrogens with zero attached hydrogens (tertiary/aromatic N) is 1. The SMILES string of the molecule is COC(=O)c1ccc2nc(C)cc(Nc3ccccc3)c2c1.[Cl-]. The molecule has 1 N–H and O–H groups in total. The molecule has 1 heterocycles. The highest BCUT2D eigenvalue weighted by molar-refractivity contribution is 5.99. The molecule has 3 rings (SSSR count). The molecule has 0 aliphatic carbocycles. The van der Waals surface area contributed by atoms with Gasteiger partial charge in [0.05, 0.1) is 18.2 Å². The molecule has 2 aromatic carbocycles. The molecular weight excluding hydrogens is 312 g/mol. The van der Waals surface area contributed by atoms with E-state index in [-0.39, 0.29) is 18.4 Å². The van der Waals surface area contributed by atoms with Crippen LogP contribution < -0.4 is 17.7 Å². The molecule has 4 nitrogen and oxygen atoms in total. The molecule has 0 unspecified atom stereocenters. The fraction of sp³-hybridized carbons (Fsp3) is 0.111. The van der Waals surface area contributed by atoms with Crippen LogP contribution in [-0.4, -0.2) is 18.1 Å². The molecule has 118 valence electrons. The van der Waals surface area contributed by atoms with Crippen molar-refractivity contribution in [2.24, 2.45) is 0 Å². The summed E-state index contributed by atoms with van der Waals surface area (Å²) in [6, 6.07) is 17.2. The smallest absolute Gasteiger partial charge is 0.337 e. The number of aromatic nitrogens is 1. The second-order valence-corrected chi connectivity index (χ2v) is 5.03. The quantitative estimate of drug-likeness (QED) is 0.731. The Balaban J connectivity index is 0.00000192. The van der Waals surface area contributed by atoms with E-state index in [0.29, 0.717) is 5.56 Å². The van der Waals surface area contributed by atoms with Gasteiger partial charge in [-0.25, -0.2) is 4.79 Å². The summed E-state index contributed by atoms with van der Waals surface area (Å²) in [4.78, 5) is 16.2. The first-order valence-corrected chi connectivity index (χ1v) is 6.99. The van der Waals surface area contributed by atoms with E-state index in [4.69, 9.17) is 4.74 Å². The zero-order valence-corrected chi connectivity index (χ0v) is 13.6. The lowest BCUT2D eigenvalue weighted by atomic mass is 10.1. The normalized spacial score (nSPS) is 10.0. The van der Waals surface area contributed by atoms with Crippen LogP contribution in [0.5, 0.6) is 0 Å². The third-order valence-corrected chi connectivity index (χ3v) is 3.41. The Morgan fingerprint density at radius 2 is 1.83 bits per heavy atom. The lowest BCUT2D eigenvalue weighted by Gasteiger charge is -2.11. The lowest BCUT2D eigenvalue weighted by Crippen LogP contribution is -3.00. The van der Waals surface area contributed by atoms with Crippen molar-refractivity contribution in [3.05, 3.63) is 65.9 Å². The molecule has 0 aliphatic rings. The Labute approximate surface area is 140 Å². The molecule has 0 aliphatic heterocycles. The second kappa shape index (κ2) is 7.11. The van der Waals surface area contributed by atoms with E-state index in [1.807, 2.05) is 49.4 Å². The van der Waals surface area contributed by atoms with Crippen LogP contribution >= 0.6 is 0 Å². The fourth-order valence-corrected chi connectivity index (χ4v) is 2.38. The van der Waals surface area contributed by atoms with E-state index in [1.165, 1.54) is 7.11 Å². The minimum absolute atomic E-state index is 0. The van der Waals surface area contributed by atoms with Gasteiger partial charge >= 0.3 is 5.97 Å². The predicted octanol–water partition coefficient (Wildman–Crippen LogP) is 1.08. The van der Waals surface area contributed by atoms with Crippen molar-refractivity contribution >= 4 is 28.2 Å². The number of anilines is 2. The summed E-state index contributed by atoms with van der Waals surface area (Å²) in [6.45, 7) is 1.95. The Bertz CT molecular complexity index is 835. The summed E-state index contributed by atoms with van der Waals surface area (Å²) in [5.41, 5.74) is 4.16. The van der Waals surface area contributed by atoms with Crippen LogP contribution in [0.3, 0.4) is 0 Å². The van der Waals surface area contributed by atoms with Gasteiger partial charge in [0.15, 0.2) is 0 Å². The van der Waals surface area contributed by atoms with Gasteiger partial charge < -0.3 is 22.5 Å². The number of para-hydroxylation sites is 1.